The first-order valence-electron chi connectivity index (χ1n) is 9.70. The van der Waals surface area contributed by atoms with Crippen molar-refractivity contribution in [3.63, 3.8) is 0 Å². The molecule has 0 bridgehead atoms. The van der Waals surface area contributed by atoms with Crippen LogP contribution in [-0.4, -0.2) is 28.5 Å². The summed E-state index contributed by atoms with van der Waals surface area (Å²) < 4.78 is 5.54. The molecule has 1 amide bonds. The molecule has 5 nitrogen and oxygen atoms in total. The van der Waals surface area contributed by atoms with E-state index in [0.29, 0.717) is 18.7 Å². The summed E-state index contributed by atoms with van der Waals surface area (Å²) in [6.07, 6.45) is 4.32. The van der Waals surface area contributed by atoms with E-state index in [1.807, 2.05) is 35.2 Å². The summed E-state index contributed by atoms with van der Waals surface area (Å²) in [4.78, 5) is 26.7. The molecule has 1 saturated heterocycles. The number of rotatable bonds is 2. The van der Waals surface area contributed by atoms with Crippen LogP contribution in [0.2, 0.25) is 0 Å². The van der Waals surface area contributed by atoms with Crippen molar-refractivity contribution in [2.24, 2.45) is 5.92 Å². The average Bonchev–Trinajstić information content (AvgIpc) is 2.68. The molecular formula is C22H25NO4. The van der Waals surface area contributed by atoms with Gasteiger partial charge in [0, 0.05) is 30.6 Å². The third kappa shape index (κ3) is 3.21. The maximum atomic E-state index is 13.1. The molecule has 2 aromatic rings. The number of carbonyl (C=O) groups is 1. The predicted molar refractivity (Wildman–Crippen MR) is 101 cm³/mol. The quantitative estimate of drug-likeness (QED) is 0.885. The molecule has 27 heavy (non-hydrogen) atoms. The summed E-state index contributed by atoms with van der Waals surface area (Å²) in [7, 11) is 0. The third-order valence-corrected chi connectivity index (χ3v) is 6.11. The predicted octanol–water partition coefficient (Wildman–Crippen LogP) is 3.24. The first-order chi connectivity index (χ1) is 13.0. The number of piperidine rings is 1. The highest BCUT2D eigenvalue weighted by Crippen LogP contribution is 2.47. The van der Waals surface area contributed by atoms with Crippen molar-refractivity contribution in [2.45, 2.75) is 50.7 Å². The fraction of sp³-hybridized carbons (Fsp3) is 0.455. The van der Waals surface area contributed by atoms with Gasteiger partial charge in [0.05, 0.1) is 5.60 Å². The highest BCUT2D eigenvalue weighted by Gasteiger charge is 2.50. The van der Waals surface area contributed by atoms with Crippen molar-refractivity contribution in [3.05, 3.63) is 69.8 Å². The summed E-state index contributed by atoms with van der Waals surface area (Å²) in [6.45, 7) is 2.12. The van der Waals surface area contributed by atoms with Gasteiger partial charge in [0.25, 0.3) is 5.91 Å². The molecule has 142 valence electrons. The molecule has 0 unspecified atom stereocenters. The molecule has 2 fully saturated rings. The van der Waals surface area contributed by atoms with Gasteiger partial charge in [0.15, 0.2) is 11.2 Å². The summed E-state index contributed by atoms with van der Waals surface area (Å²) in [5.74, 6) is 0.268. The van der Waals surface area contributed by atoms with Crippen LogP contribution >= 0.6 is 0 Å². The van der Waals surface area contributed by atoms with E-state index in [2.05, 4.69) is 0 Å². The lowest BCUT2D eigenvalue weighted by Crippen LogP contribution is -2.59. The highest BCUT2D eigenvalue weighted by molar-refractivity contribution is 5.91. The Morgan fingerprint density at radius 1 is 1.19 bits per heavy atom. The second-order valence-electron chi connectivity index (χ2n) is 7.77. The number of likely N-dealkylation sites (tertiary alicyclic amines) is 1. The Labute approximate surface area is 158 Å². The van der Waals surface area contributed by atoms with E-state index in [4.69, 9.17) is 4.42 Å². The first-order valence-corrected chi connectivity index (χ1v) is 9.70. The van der Waals surface area contributed by atoms with Crippen molar-refractivity contribution < 1.29 is 14.3 Å². The lowest BCUT2D eigenvalue weighted by Gasteiger charge is -2.52. The zero-order valence-corrected chi connectivity index (χ0v) is 15.6. The number of amides is 1. The number of aliphatic hydroxyl groups is 1. The van der Waals surface area contributed by atoms with E-state index < -0.39 is 5.60 Å². The van der Waals surface area contributed by atoms with Crippen molar-refractivity contribution in [2.75, 3.05) is 6.54 Å². The molecule has 4 rings (SSSR count). The van der Waals surface area contributed by atoms with Gasteiger partial charge in [-0.15, -0.1) is 0 Å². The molecule has 3 atom stereocenters. The van der Waals surface area contributed by atoms with Crippen LogP contribution in [-0.2, 0) is 5.60 Å². The maximum absolute atomic E-state index is 13.1. The molecule has 2 heterocycles. The standard InChI is InChI=1S/C22H25NO4/c1-15-13-17(24)14-20(27-15)21(25)23-12-11-22(26,16-7-3-2-4-8-16)18-9-5-6-10-19(18)23/h2-4,7-8,13-14,18-19,26H,5-6,9-12H2,1H3/t18-,19-,22+/m0/s1. The molecule has 2 aliphatic rings. The van der Waals surface area contributed by atoms with Crippen molar-refractivity contribution >= 4 is 5.91 Å². The number of hydrogen-bond donors (Lipinski definition) is 1. The molecule has 1 aliphatic heterocycles. The molecule has 5 heteroatoms. The summed E-state index contributed by atoms with van der Waals surface area (Å²) >= 11 is 0. The Morgan fingerprint density at radius 3 is 2.67 bits per heavy atom. The van der Waals surface area contributed by atoms with Crippen molar-refractivity contribution in [3.8, 4) is 0 Å². The van der Waals surface area contributed by atoms with E-state index in [9.17, 15) is 14.7 Å². The number of carbonyl (C=O) groups excluding carboxylic acids is 1. The zero-order chi connectivity index (χ0) is 19.0. The van der Waals surface area contributed by atoms with Gasteiger partial charge in [-0.05, 0) is 31.7 Å². The Kier molecular flexibility index (Phi) is 4.64. The molecule has 0 spiro atoms. The van der Waals surface area contributed by atoms with E-state index in [1.54, 1.807) is 6.92 Å². The minimum Gasteiger partial charge on any atom is -0.456 e. The monoisotopic (exact) mass is 367 g/mol. The Morgan fingerprint density at radius 2 is 1.93 bits per heavy atom. The van der Waals surface area contributed by atoms with Crippen LogP contribution in [0, 0.1) is 12.8 Å². The van der Waals surface area contributed by atoms with Crippen LogP contribution in [0.25, 0.3) is 0 Å². The number of benzene rings is 1. The number of aryl methyl sites for hydroxylation is 1. The third-order valence-electron chi connectivity index (χ3n) is 6.11. The van der Waals surface area contributed by atoms with Gasteiger partial charge >= 0.3 is 0 Å². The van der Waals surface area contributed by atoms with Gasteiger partial charge in [-0.1, -0.05) is 43.2 Å². The number of nitrogens with zero attached hydrogens (tertiary/aromatic N) is 1. The lowest BCUT2D eigenvalue weighted by molar-refractivity contribution is -0.110. The summed E-state index contributed by atoms with van der Waals surface area (Å²) in [5, 5.41) is 11.6. The fourth-order valence-electron chi connectivity index (χ4n) is 4.87. The van der Waals surface area contributed by atoms with Gasteiger partial charge in [0.1, 0.15) is 5.76 Å². The highest BCUT2D eigenvalue weighted by atomic mass is 16.3. The molecule has 1 N–H and O–H groups in total. The number of hydrogen-bond acceptors (Lipinski definition) is 4. The largest absolute Gasteiger partial charge is 0.456 e. The smallest absolute Gasteiger partial charge is 0.289 e. The van der Waals surface area contributed by atoms with E-state index in [1.165, 1.54) is 12.1 Å². The molecule has 1 aromatic heterocycles. The van der Waals surface area contributed by atoms with Crippen molar-refractivity contribution in [1.29, 1.82) is 0 Å². The second kappa shape index (κ2) is 6.97. The van der Waals surface area contributed by atoms with E-state index in [0.717, 1.165) is 31.2 Å². The SMILES string of the molecule is Cc1cc(=O)cc(C(=O)N2CC[C@@](O)(c3ccccc3)[C@H]3CCCC[C@@H]32)o1. The molecule has 1 aliphatic carbocycles. The lowest BCUT2D eigenvalue weighted by atomic mass is 9.66. The maximum Gasteiger partial charge on any atom is 0.289 e. The topological polar surface area (TPSA) is 70.8 Å². The van der Waals surface area contributed by atoms with E-state index in [-0.39, 0.29) is 29.1 Å². The minimum absolute atomic E-state index is 0.0112. The van der Waals surface area contributed by atoms with Gasteiger partial charge in [-0.2, -0.15) is 0 Å². The summed E-state index contributed by atoms with van der Waals surface area (Å²) in [5.41, 5.74) is -0.215. The molecular weight excluding hydrogens is 342 g/mol. The average molecular weight is 367 g/mol. The number of fused-ring (bicyclic) bond motifs is 1. The van der Waals surface area contributed by atoms with Crippen LogP contribution in [0.5, 0.6) is 0 Å². The Bertz CT molecular complexity index is 891. The Hall–Kier alpha value is -2.40. The normalized spacial score (nSPS) is 27.9. The van der Waals surface area contributed by atoms with Gasteiger partial charge < -0.3 is 14.4 Å². The van der Waals surface area contributed by atoms with Crippen LogP contribution in [0.15, 0.2) is 51.7 Å². The molecule has 0 radical (unpaired) electrons. The van der Waals surface area contributed by atoms with Crippen LogP contribution in [0.1, 0.15) is 54.0 Å². The van der Waals surface area contributed by atoms with Gasteiger partial charge in [-0.25, -0.2) is 0 Å². The first kappa shape index (κ1) is 18.0. The fourth-order valence-corrected chi connectivity index (χ4v) is 4.87. The molecule has 1 saturated carbocycles. The summed E-state index contributed by atoms with van der Waals surface area (Å²) in [6, 6.07) is 12.4. The Balaban J connectivity index is 1.67. The minimum atomic E-state index is -0.920. The van der Waals surface area contributed by atoms with E-state index >= 15 is 0 Å². The van der Waals surface area contributed by atoms with Crippen LogP contribution in [0.4, 0.5) is 0 Å². The zero-order valence-electron chi connectivity index (χ0n) is 15.6. The second-order valence-corrected chi connectivity index (χ2v) is 7.77. The van der Waals surface area contributed by atoms with Crippen LogP contribution < -0.4 is 5.43 Å². The van der Waals surface area contributed by atoms with Gasteiger partial charge in [-0.3, -0.25) is 9.59 Å². The van der Waals surface area contributed by atoms with Gasteiger partial charge in [0.2, 0.25) is 0 Å². The molecule has 1 aromatic carbocycles. The van der Waals surface area contributed by atoms with Crippen LogP contribution in [0.3, 0.4) is 0 Å². The van der Waals surface area contributed by atoms with Crippen molar-refractivity contribution in [1.82, 2.24) is 4.90 Å².